The van der Waals surface area contributed by atoms with E-state index in [9.17, 15) is 0 Å². The largest absolute Gasteiger partial charge is 0.285 e. The summed E-state index contributed by atoms with van der Waals surface area (Å²) in [5, 5.41) is 6.64. The molecule has 1 N–H and O–H groups in total. The zero-order valence-electron chi connectivity index (χ0n) is 5.10. The molecule has 0 amide bonds. The van der Waals surface area contributed by atoms with Crippen molar-refractivity contribution >= 4 is 0 Å². The molecule has 0 saturated heterocycles. The van der Waals surface area contributed by atoms with Crippen LogP contribution in [0.1, 0.15) is 25.5 Å². The van der Waals surface area contributed by atoms with Crippen molar-refractivity contribution < 1.29 is 0 Å². The van der Waals surface area contributed by atoms with E-state index in [1.807, 2.05) is 0 Å². The lowest BCUT2D eigenvalue weighted by Crippen LogP contribution is -1.85. The lowest BCUT2D eigenvalue weighted by molar-refractivity contribution is 0.809. The molecule has 0 unspecified atom stereocenters. The van der Waals surface area contributed by atoms with Crippen molar-refractivity contribution in [2.45, 2.75) is 19.8 Å². The van der Waals surface area contributed by atoms with Gasteiger partial charge in [0.1, 0.15) is 0 Å². The topological polar surface area (TPSA) is 28.7 Å². The Morgan fingerprint density at radius 2 is 2.50 bits per heavy atom. The second-order valence-corrected chi connectivity index (χ2v) is 2.07. The molecule has 0 aliphatic carbocycles. The van der Waals surface area contributed by atoms with Gasteiger partial charge in [0.15, 0.2) is 0 Å². The quantitative estimate of drug-likeness (QED) is 0.579. The zero-order chi connectivity index (χ0) is 5.98. The van der Waals surface area contributed by atoms with Crippen LogP contribution in [-0.2, 0) is 0 Å². The SMILES string of the molecule is CC(C)c1[c]c[nH]n1. The van der Waals surface area contributed by atoms with Gasteiger partial charge in [-0.2, -0.15) is 5.10 Å². The summed E-state index contributed by atoms with van der Waals surface area (Å²) in [4.78, 5) is 0. The van der Waals surface area contributed by atoms with Crippen LogP contribution in [0.15, 0.2) is 6.20 Å². The molecule has 2 nitrogen and oxygen atoms in total. The van der Waals surface area contributed by atoms with E-state index >= 15 is 0 Å². The van der Waals surface area contributed by atoms with Gasteiger partial charge in [-0.1, -0.05) is 13.8 Å². The Hall–Kier alpha value is -0.790. The Labute approximate surface area is 48.9 Å². The lowest BCUT2D eigenvalue weighted by atomic mass is 10.1. The molecule has 1 radical (unpaired) electrons. The molecule has 0 atom stereocenters. The van der Waals surface area contributed by atoms with Gasteiger partial charge in [0.2, 0.25) is 0 Å². The molecular weight excluding hydrogens is 100 g/mol. The Kier molecular flexibility index (Phi) is 1.33. The molecule has 0 saturated carbocycles. The minimum absolute atomic E-state index is 0.487. The number of rotatable bonds is 1. The van der Waals surface area contributed by atoms with E-state index in [-0.39, 0.29) is 0 Å². The van der Waals surface area contributed by atoms with Crippen molar-refractivity contribution in [1.29, 1.82) is 0 Å². The summed E-state index contributed by atoms with van der Waals surface area (Å²) >= 11 is 0. The third-order valence-electron chi connectivity index (χ3n) is 1.02. The van der Waals surface area contributed by atoms with Crippen LogP contribution in [0.25, 0.3) is 0 Å². The number of nitrogens with zero attached hydrogens (tertiary/aromatic N) is 1. The number of H-pyrrole nitrogens is 1. The summed E-state index contributed by atoms with van der Waals surface area (Å²) in [5.74, 6) is 0.487. The Bertz CT molecular complexity index is 142. The highest BCUT2D eigenvalue weighted by atomic mass is 15.1. The molecule has 0 fully saturated rings. The Morgan fingerprint density at radius 3 is 2.75 bits per heavy atom. The maximum atomic E-state index is 3.94. The minimum Gasteiger partial charge on any atom is -0.285 e. The van der Waals surface area contributed by atoms with Crippen LogP contribution in [0.3, 0.4) is 0 Å². The molecule has 0 bridgehead atoms. The first kappa shape index (κ1) is 5.35. The first-order chi connectivity index (χ1) is 3.80. The highest BCUT2D eigenvalue weighted by Gasteiger charge is 1.97. The standard InChI is InChI=1S/C6H9N2/c1-5(2)6-3-4-7-8-6/h4-5H,1-2H3,(H,7,8). The van der Waals surface area contributed by atoms with Gasteiger partial charge in [0.25, 0.3) is 0 Å². The smallest absolute Gasteiger partial charge is 0.0727 e. The Morgan fingerprint density at radius 1 is 1.75 bits per heavy atom. The van der Waals surface area contributed by atoms with E-state index < -0.39 is 0 Å². The average molecular weight is 109 g/mol. The summed E-state index contributed by atoms with van der Waals surface area (Å²) in [7, 11) is 0. The van der Waals surface area contributed by atoms with Crippen LogP contribution in [0, 0.1) is 6.07 Å². The van der Waals surface area contributed by atoms with Crippen molar-refractivity contribution in [2.75, 3.05) is 0 Å². The molecule has 0 aromatic carbocycles. The monoisotopic (exact) mass is 109 g/mol. The summed E-state index contributed by atoms with van der Waals surface area (Å²) in [6.07, 6.45) is 1.72. The van der Waals surface area contributed by atoms with Gasteiger partial charge in [-0.15, -0.1) is 0 Å². The van der Waals surface area contributed by atoms with Gasteiger partial charge >= 0.3 is 0 Å². The van der Waals surface area contributed by atoms with Crippen molar-refractivity contribution in [3.05, 3.63) is 18.0 Å². The Balaban J connectivity index is 2.77. The molecule has 1 aromatic rings. The molecule has 0 aliphatic rings. The van der Waals surface area contributed by atoms with Crippen LogP contribution < -0.4 is 0 Å². The van der Waals surface area contributed by atoms with Gasteiger partial charge in [-0.25, -0.2) is 0 Å². The molecule has 1 aromatic heterocycles. The van der Waals surface area contributed by atoms with Crippen LogP contribution >= 0.6 is 0 Å². The van der Waals surface area contributed by atoms with Crippen molar-refractivity contribution in [3.63, 3.8) is 0 Å². The van der Waals surface area contributed by atoms with E-state index in [0.29, 0.717) is 5.92 Å². The number of hydrogen-bond acceptors (Lipinski definition) is 1. The molecule has 43 valence electrons. The van der Waals surface area contributed by atoms with Crippen molar-refractivity contribution in [1.82, 2.24) is 10.2 Å². The van der Waals surface area contributed by atoms with Crippen LogP contribution in [0.4, 0.5) is 0 Å². The fourth-order valence-electron chi connectivity index (χ4n) is 0.536. The van der Waals surface area contributed by atoms with Crippen molar-refractivity contribution in [3.8, 4) is 0 Å². The van der Waals surface area contributed by atoms with E-state index in [1.54, 1.807) is 6.20 Å². The first-order valence-corrected chi connectivity index (χ1v) is 2.72. The first-order valence-electron chi connectivity index (χ1n) is 2.72. The summed E-state index contributed by atoms with van der Waals surface area (Å²) in [6, 6.07) is 2.97. The zero-order valence-corrected chi connectivity index (χ0v) is 5.10. The lowest BCUT2D eigenvalue weighted by Gasteiger charge is -1.93. The third kappa shape index (κ3) is 0.886. The molecule has 0 spiro atoms. The van der Waals surface area contributed by atoms with Gasteiger partial charge in [0.05, 0.1) is 5.69 Å². The van der Waals surface area contributed by atoms with Gasteiger partial charge in [0, 0.05) is 12.3 Å². The summed E-state index contributed by atoms with van der Waals surface area (Å²) in [6.45, 7) is 4.18. The summed E-state index contributed by atoms with van der Waals surface area (Å²) < 4.78 is 0. The molecule has 0 aliphatic heterocycles. The van der Waals surface area contributed by atoms with E-state index in [0.717, 1.165) is 5.69 Å². The number of aromatic amines is 1. The van der Waals surface area contributed by atoms with E-state index in [2.05, 4.69) is 30.1 Å². The number of nitrogens with one attached hydrogen (secondary N) is 1. The fraction of sp³-hybridized carbons (Fsp3) is 0.500. The normalized spacial score (nSPS) is 10.4. The molecule has 1 rings (SSSR count). The molecule has 2 heteroatoms. The molecule has 1 heterocycles. The predicted octanol–water partition coefficient (Wildman–Crippen LogP) is 1.33. The fourth-order valence-corrected chi connectivity index (χ4v) is 0.536. The second-order valence-electron chi connectivity index (χ2n) is 2.07. The maximum Gasteiger partial charge on any atom is 0.0727 e. The highest BCUT2D eigenvalue weighted by Crippen LogP contribution is 2.06. The minimum atomic E-state index is 0.487. The summed E-state index contributed by atoms with van der Waals surface area (Å²) in [5.41, 5.74) is 1.00. The van der Waals surface area contributed by atoms with Gasteiger partial charge < -0.3 is 0 Å². The third-order valence-corrected chi connectivity index (χ3v) is 1.02. The van der Waals surface area contributed by atoms with Gasteiger partial charge in [-0.05, 0) is 5.92 Å². The molecule has 8 heavy (non-hydrogen) atoms. The number of aromatic nitrogens is 2. The van der Waals surface area contributed by atoms with Crippen molar-refractivity contribution in [2.24, 2.45) is 0 Å². The van der Waals surface area contributed by atoms with Crippen LogP contribution in [0.2, 0.25) is 0 Å². The maximum absolute atomic E-state index is 3.94. The predicted molar refractivity (Wildman–Crippen MR) is 31.5 cm³/mol. The van der Waals surface area contributed by atoms with Crippen LogP contribution in [-0.4, -0.2) is 10.2 Å². The van der Waals surface area contributed by atoms with E-state index in [4.69, 9.17) is 0 Å². The highest BCUT2D eigenvalue weighted by molar-refractivity contribution is 4.99. The van der Waals surface area contributed by atoms with E-state index in [1.165, 1.54) is 0 Å². The van der Waals surface area contributed by atoms with Crippen LogP contribution in [0.5, 0.6) is 0 Å². The molecular formula is C6H9N2. The van der Waals surface area contributed by atoms with Gasteiger partial charge in [-0.3, -0.25) is 5.10 Å². The second kappa shape index (κ2) is 1.99. The average Bonchev–Trinajstić information content (AvgIpc) is 2.12. The number of hydrogen-bond donors (Lipinski definition) is 1.